The highest BCUT2D eigenvalue weighted by atomic mass is 16.4. The molecule has 1 heterocycles. The van der Waals surface area contributed by atoms with Crippen LogP contribution in [-0.2, 0) is 16.0 Å². The first-order valence-corrected chi connectivity index (χ1v) is 4.72. The minimum absolute atomic E-state index is 0.122. The maximum Gasteiger partial charge on any atom is 0.309 e. The summed E-state index contributed by atoms with van der Waals surface area (Å²) in [5.74, 6) is -1.17. The van der Waals surface area contributed by atoms with Crippen LogP contribution in [0.5, 0.6) is 0 Å². The molecule has 0 bridgehead atoms. The summed E-state index contributed by atoms with van der Waals surface area (Å²) in [5.41, 5.74) is 0.994. The number of anilines is 1. The number of rotatable bonds is 4. The van der Waals surface area contributed by atoms with E-state index in [0.717, 1.165) is 0 Å². The molecule has 5 heteroatoms. The second-order valence-electron chi connectivity index (χ2n) is 3.10. The number of hydrogen-bond donors (Lipinski definition) is 2. The molecular formula is C11H12N2O3. The van der Waals surface area contributed by atoms with Gasteiger partial charge in [-0.25, -0.2) is 0 Å². The second-order valence-corrected chi connectivity index (χ2v) is 3.10. The van der Waals surface area contributed by atoms with Gasteiger partial charge < -0.3 is 10.4 Å². The average molecular weight is 220 g/mol. The molecule has 0 saturated heterocycles. The number of nitrogens with zero attached hydrogens (tertiary/aromatic N) is 1. The average Bonchev–Trinajstić information content (AvgIpc) is 2.20. The van der Waals surface area contributed by atoms with E-state index in [1.807, 2.05) is 0 Å². The van der Waals surface area contributed by atoms with E-state index in [2.05, 4.69) is 10.3 Å². The van der Waals surface area contributed by atoms with Gasteiger partial charge in [-0.3, -0.25) is 14.6 Å². The number of amides is 1. The normalized spacial score (nSPS) is 10.3. The van der Waals surface area contributed by atoms with Gasteiger partial charge in [0, 0.05) is 0 Å². The van der Waals surface area contributed by atoms with Crippen molar-refractivity contribution in [3.8, 4) is 0 Å². The van der Waals surface area contributed by atoms with Crippen molar-refractivity contribution in [3.05, 3.63) is 36.2 Å². The molecule has 0 aliphatic carbocycles. The Morgan fingerprint density at radius 3 is 2.75 bits per heavy atom. The van der Waals surface area contributed by atoms with Crippen molar-refractivity contribution in [2.24, 2.45) is 0 Å². The molecule has 0 fully saturated rings. The molecule has 0 saturated carbocycles. The zero-order chi connectivity index (χ0) is 12.0. The number of aromatic nitrogens is 1. The number of pyridine rings is 1. The molecule has 5 nitrogen and oxygen atoms in total. The molecule has 84 valence electrons. The van der Waals surface area contributed by atoms with Gasteiger partial charge in [0.15, 0.2) is 0 Å². The highest BCUT2D eigenvalue weighted by Gasteiger charge is 2.02. The SMILES string of the molecule is C/C=C/C(=O)Nc1ccc(CC(=O)O)nc1. The van der Waals surface area contributed by atoms with E-state index in [4.69, 9.17) is 5.11 Å². The zero-order valence-corrected chi connectivity index (χ0v) is 8.80. The van der Waals surface area contributed by atoms with Crippen molar-refractivity contribution in [3.63, 3.8) is 0 Å². The highest BCUT2D eigenvalue weighted by molar-refractivity contribution is 5.99. The molecule has 16 heavy (non-hydrogen) atoms. The van der Waals surface area contributed by atoms with Crippen LogP contribution in [0.1, 0.15) is 12.6 Å². The molecule has 0 unspecified atom stereocenters. The number of carboxylic acid groups (broad SMARTS) is 1. The van der Waals surface area contributed by atoms with Crippen LogP contribution in [0.3, 0.4) is 0 Å². The molecule has 0 aliphatic heterocycles. The minimum atomic E-state index is -0.932. The van der Waals surface area contributed by atoms with Crippen molar-refractivity contribution in [1.82, 2.24) is 4.98 Å². The van der Waals surface area contributed by atoms with Gasteiger partial charge in [0.05, 0.1) is 24.0 Å². The van der Waals surface area contributed by atoms with Gasteiger partial charge in [0.25, 0.3) is 0 Å². The fraction of sp³-hybridized carbons (Fsp3) is 0.182. The maximum atomic E-state index is 11.2. The number of carboxylic acids is 1. The van der Waals surface area contributed by atoms with Crippen molar-refractivity contribution in [1.29, 1.82) is 0 Å². The van der Waals surface area contributed by atoms with Gasteiger partial charge >= 0.3 is 5.97 Å². The summed E-state index contributed by atoms with van der Waals surface area (Å²) in [6.07, 6.45) is 4.33. The monoisotopic (exact) mass is 220 g/mol. The van der Waals surface area contributed by atoms with Crippen LogP contribution in [0.15, 0.2) is 30.5 Å². The van der Waals surface area contributed by atoms with Crippen molar-refractivity contribution < 1.29 is 14.7 Å². The van der Waals surface area contributed by atoms with Gasteiger partial charge in [0.2, 0.25) is 5.91 Å². The Hall–Kier alpha value is -2.17. The molecule has 0 atom stereocenters. The largest absolute Gasteiger partial charge is 0.481 e. The third kappa shape index (κ3) is 3.91. The van der Waals surface area contributed by atoms with E-state index >= 15 is 0 Å². The fourth-order valence-corrected chi connectivity index (χ4v) is 1.09. The molecule has 0 aliphatic rings. The van der Waals surface area contributed by atoms with Gasteiger partial charge in [0.1, 0.15) is 0 Å². The van der Waals surface area contributed by atoms with E-state index in [0.29, 0.717) is 11.4 Å². The number of allylic oxidation sites excluding steroid dienone is 1. The van der Waals surface area contributed by atoms with E-state index in [-0.39, 0.29) is 12.3 Å². The minimum Gasteiger partial charge on any atom is -0.481 e. The number of carbonyl (C=O) groups is 2. The predicted octanol–water partition coefficient (Wildman–Crippen LogP) is 1.22. The van der Waals surface area contributed by atoms with Crippen LogP contribution >= 0.6 is 0 Å². The topological polar surface area (TPSA) is 79.3 Å². The van der Waals surface area contributed by atoms with Gasteiger partial charge in [-0.2, -0.15) is 0 Å². The first-order chi connectivity index (χ1) is 7.61. The summed E-state index contributed by atoms with van der Waals surface area (Å²) in [7, 11) is 0. The lowest BCUT2D eigenvalue weighted by atomic mass is 10.2. The molecule has 1 aromatic heterocycles. The Morgan fingerprint density at radius 1 is 1.50 bits per heavy atom. The summed E-state index contributed by atoms with van der Waals surface area (Å²) in [4.78, 5) is 25.5. The van der Waals surface area contributed by atoms with E-state index in [1.54, 1.807) is 25.1 Å². The lowest BCUT2D eigenvalue weighted by molar-refractivity contribution is -0.136. The van der Waals surface area contributed by atoms with Gasteiger partial charge in [-0.15, -0.1) is 0 Å². The Kier molecular flexibility index (Phi) is 4.20. The lowest BCUT2D eigenvalue weighted by Crippen LogP contribution is -2.08. The van der Waals surface area contributed by atoms with Crippen molar-refractivity contribution in [2.45, 2.75) is 13.3 Å². The third-order valence-electron chi connectivity index (χ3n) is 1.74. The predicted molar refractivity (Wildman–Crippen MR) is 59.0 cm³/mol. The van der Waals surface area contributed by atoms with Crippen LogP contribution in [0.2, 0.25) is 0 Å². The molecule has 0 spiro atoms. The summed E-state index contributed by atoms with van der Waals surface area (Å²) >= 11 is 0. The second kappa shape index (κ2) is 5.65. The molecule has 0 aromatic carbocycles. The van der Waals surface area contributed by atoms with E-state index in [1.165, 1.54) is 12.3 Å². The van der Waals surface area contributed by atoms with Crippen LogP contribution in [0.4, 0.5) is 5.69 Å². The summed E-state index contributed by atoms with van der Waals surface area (Å²) in [6.45, 7) is 1.74. The summed E-state index contributed by atoms with van der Waals surface area (Å²) in [5, 5.41) is 11.1. The third-order valence-corrected chi connectivity index (χ3v) is 1.74. The quantitative estimate of drug-likeness (QED) is 0.748. The van der Waals surface area contributed by atoms with Gasteiger partial charge in [-0.1, -0.05) is 6.08 Å². The highest BCUT2D eigenvalue weighted by Crippen LogP contribution is 2.06. The van der Waals surface area contributed by atoms with Gasteiger partial charge in [-0.05, 0) is 25.1 Å². The van der Waals surface area contributed by atoms with Crippen molar-refractivity contribution in [2.75, 3.05) is 5.32 Å². The molecule has 0 radical (unpaired) electrons. The molecular weight excluding hydrogens is 208 g/mol. The standard InChI is InChI=1S/C11H12N2O3/c1-2-3-10(14)13-9-5-4-8(12-7-9)6-11(15)16/h2-5,7H,6H2,1H3,(H,13,14)(H,15,16)/b3-2+. The van der Waals surface area contributed by atoms with Crippen LogP contribution in [0, 0.1) is 0 Å². The molecule has 2 N–H and O–H groups in total. The first kappa shape index (κ1) is 11.9. The zero-order valence-electron chi connectivity index (χ0n) is 8.80. The Labute approximate surface area is 92.8 Å². The van der Waals surface area contributed by atoms with Crippen LogP contribution in [-0.4, -0.2) is 22.0 Å². The molecule has 1 rings (SSSR count). The fourth-order valence-electron chi connectivity index (χ4n) is 1.09. The number of hydrogen-bond acceptors (Lipinski definition) is 3. The number of nitrogens with one attached hydrogen (secondary N) is 1. The molecule has 1 amide bonds. The summed E-state index contributed by atoms with van der Waals surface area (Å²) < 4.78 is 0. The number of aliphatic carboxylic acids is 1. The van der Waals surface area contributed by atoms with E-state index in [9.17, 15) is 9.59 Å². The summed E-state index contributed by atoms with van der Waals surface area (Å²) in [6, 6.07) is 3.19. The lowest BCUT2D eigenvalue weighted by Gasteiger charge is -2.02. The Morgan fingerprint density at radius 2 is 2.25 bits per heavy atom. The van der Waals surface area contributed by atoms with Crippen LogP contribution in [0.25, 0.3) is 0 Å². The van der Waals surface area contributed by atoms with E-state index < -0.39 is 5.97 Å². The molecule has 1 aromatic rings. The van der Waals surface area contributed by atoms with Crippen molar-refractivity contribution >= 4 is 17.6 Å². The Bertz CT molecular complexity index is 410. The Balaban J connectivity index is 2.64. The first-order valence-electron chi connectivity index (χ1n) is 4.72. The van der Waals surface area contributed by atoms with Crippen LogP contribution < -0.4 is 5.32 Å². The smallest absolute Gasteiger partial charge is 0.309 e. The number of carbonyl (C=O) groups excluding carboxylic acids is 1. The maximum absolute atomic E-state index is 11.2.